The van der Waals surface area contributed by atoms with E-state index in [1.165, 1.54) is 32.7 Å². The Morgan fingerprint density at radius 1 is 0.727 bits per heavy atom. The molecule has 0 atom stereocenters. The zero-order valence-electron chi connectivity index (χ0n) is 14.9. The van der Waals surface area contributed by atoms with E-state index in [2.05, 4.69) is 86.6 Å². The average molecular weight is 364 g/mol. The Morgan fingerprint density at radius 3 is 1.55 bits per heavy atom. The summed E-state index contributed by atoms with van der Waals surface area (Å²) in [5.74, 6) is 0. The number of benzene rings is 2. The summed E-state index contributed by atoms with van der Waals surface area (Å²) in [6, 6.07) is 26.5. The zero-order valence-corrected chi connectivity index (χ0v) is 15.4. The molecule has 0 saturated carbocycles. The molecule has 0 unspecified atom stereocenters. The van der Waals surface area contributed by atoms with E-state index in [9.17, 15) is 0 Å². The minimum Gasteiger partial charge on any atom is -1.00 e. The van der Waals surface area contributed by atoms with Crippen molar-refractivity contribution >= 4 is 21.5 Å². The number of hydrogen-bond acceptors (Lipinski definition) is 0. The summed E-state index contributed by atoms with van der Waals surface area (Å²) in [6.07, 6.45) is 0. The van der Waals surface area contributed by atoms with Crippen LogP contribution in [0.4, 0.5) is 0 Å². The van der Waals surface area contributed by atoms with Crippen LogP contribution in [0.3, 0.4) is 0 Å². The predicted molar refractivity (Wildman–Crippen MR) is 93.4 cm³/mol. The van der Waals surface area contributed by atoms with Gasteiger partial charge in [-0.15, -0.1) is 81.2 Å². The molecule has 4 aromatic carbocycles. The Kier molecular flexibility index (Phi) is 3.95. The van der Waals surface area contributed by atoms with Gasteiger partial charge in [-0.1, -0.05) is 26.0 Å². The van der Waals surface area contributed by atoms with Crippen LogP contribution < -0.4 is 0 Å². The molecule has 0 radical (unpaired) electrons. The molecule has 0 nitrogen and oxygen atoms in total. The van der Waals surface area contributed by atoms with Crippen LogP contribution in [0.25, 0.3) is 21.5 Å². The maximum absolute atomic E-state index is 2.33. The van der Waals surface area contributed by atoms with Gasteiger partial charge in [0.05, 0.1) is 0 Å². The van der Waals surface area contributed by atoms with Gasteiger partial charge in [-0.05, 0) is 5.41 Å². The minimum atomic E-state index is 0. The van der Waals surface area contributed by atoms with Gasteiger partial charge in [0.15, 0.2) is 0 Å². The van der Waals surface area contributed by atoms with Crippen molar-refractivity contribution in [2.24, 2.45) is 0 Å². The third-order valence-electron chi connectivity index (χ3n) is 4.68. The number of hydrogen-bond donors (Lipinski definition) is 0. The second kappa shape index (κ2) is 5.63. The Bertz CT molecular complexity index is 789. The fourth-order valence-electron chi connectivity index (χ4n) is 3.19. The number of fused-ring (bicyclic) bond motifs is 2. The Hall–Kier alpha value is -1.46. The third-order valence-corrected chi connectivity index (χ3v) is 4.68. The van der Waals surface area contributed by atoms with Crippen LogP contribution in [0.1, 0.15) is 27.8 Å². The van der Waals surface area contributed by atoms with E-state index < -0.39 is 0 Å². The maximum Gasteiger partial charge on any atom is 4.00 e. The van der Waals surface area contributed by atoms with Gasteiger partial charge < -0.3 is 2.85 Å². The van der Waals surface area contributed by atoms with E-state index in [0.29, 0.717) is 0 Å². The maximum atomic E-state index is 2.33. The molecule has 4 rings (SSSR count). The Balaban J connectivity index is 0.000000960. The van der Waals surface area contributed by atoms with Crippen LogP contribution in [0.15, 0.2) is 72.8 Å². The van der Waals surface area contributed by atoms with Crippen LogP contribution in [-0.2, 0) is 31.6 Å². The normalized spacial score (nSPS) is 11.7. The van der Waals surface area contributed by atoms with Crippen molar-refractivity contribution in [3.8, 4) is 0 Å². The molecule has 0 N–H and O–H groups in total. The summed E-state index contributed by atoms with van der Waals surface area (Å²) >= 11 is 0. The minimum absolute atomic E-state index is 0. The first kappa shape index (κ1) is 15.4. The molecule has 0 aromatic heterocycles. The summed E-state index contributed by atoms with van der Waals surface area (Å²) in [7, 11) is 0. The molecule has 0 amide bonds. The molecular formula is C21H20Zr. The van der Waals surface area contributed by atoms with Crippen molar-refractivity contribution in [2.45, 2.75) is 19.3 Å². The van der Waals surface area contributed by atoms with E-state index in [0.717, 1.165) is 0 Å². The summed E-state index contributed by atoms with van der Waals surface area (Å²) in [6.45, 7) is 4.63. The fourth-order valence-corrected chi connectivity index (χ4v) is 3.19. The molecule has 108 valence electrons. The van der Waals surface area contributed by atoms with Crippen molar-refractivity contribution in [3.05, 3.63) is 83.9 Å². The van der Waals surface area contributed by atoms with Crippen LogP contribution in [0.5, 0.6) is 0 Å². The number of rotatable bonds is 2. The molecule has 0 aliphatic carbocycles. The molecular weight excluding hydrogens is 343 g/mol. The molecule has 4 aromatic rings. The predicted octanol–water partition coefficient (Wildman–Crippen LogP) is 5.98. The van der Waals surface area contributed by atoms with E-state index >= 15 is 0 Å². The molecule has 0 saturated heterocycles. The van der Waals surface area contributed by atoms with Crippen LogP contribution in [0.2, 0.25) is 0 Å². The largest absolute Gasteiger partial charge is 4.00 e. The first-order chi connectivity index (χ1) is 10.1. The van der Waals surface area contributed by atoms with Gasteiger partial charge in [0.25, 0.3) is 0 Å². The third kappa shape index (κ3) is 2.42. The molecule has 0 fully saturated rings. The molecule has 22 heavy (non-hydrogen) atoms. The van der Waals surface area contributed by atoms with Gasteiger partial charge >= 0.3 is 26.2 Å². The van der Waals surface area contributed by atoms with E-state index in [1.54, 1.807) is 0 Å². The molecule has 0 spiro atoms. The van der Waals surface area contributed by atoms with Crippen molar-refractivity contribution in [2.75, 3.05) is 0 Å². The van der Waals surface area contributed by atoms with E-state index in [4.69, 9.17) is 0 Å². The van der Waals surface area contributed by atoms with Gasteiger partial charge in [-0.2, -0.15) is 12.1 Å². The summed E-state index contributed by atoms with van der Waals surface area (Å²) < 4.78 is 0. The molecule has 0 bridgehead atoms. The van der Waals surface area contributed by atoms with Gasteiger partial charge in [0.1, 0.15) is 0 Å². The van der Waals surface area contributed by atoms with Crippen LogP contribution in [-0.4, -0.2) is 0 Å². The van der Waals surface area contributed by atoms with Gasteiger partial charge in [0, 0.05) is 0 Å². The van der Waals surface area contributed by atoms with Gasteiger partial charge in [-0.25, -0.2) is 0 Å². The van der Waals surface area contributed by atoms with Crippen molar-refractivity contribution in [1.29, 1.82) is 0 Å². The Labute approximate surface area is 153 Å². The van der Waals surface area contributed by atoms with Crippen molar-refractivity contribution in [3.63, 3.8) is 0 Å². The first-order valence-corrected chi connectivity index (χ1v) is 7.46. The standard InChI is InChI=1S/C21H18.Zr.2H/c1-21(2,19-11-15-7-3-4-8-16(15)12-19)20-13-17-9-5-6-10-18(17)14-20;;;/h3-14H,1-2H3;;;/q-2;+4;2*-1. The quantitative estimate of drug-likeness (QED) is 0.384. The van der Waals surface area contributed by atoms with Crippen molar-refractivity contribution in [1.82, 2.24) is 0 Å². The summed E-state index contributed by atoms with van der Waals surface area (Å²) in [4.78, 5) is 0. The Morgan fingerprint density at radius 2 is 1.14 bits per heavy atom. The monoisotopic (exact) mass is 362 g/mol. The zero-order chi connectivity index (χ0) is 14.4. The van der Waals surface area contributed by atoms with E-state index in [1.807, 2.05) is 0 Å². The van der Waals surface area contributed by atoms with Gasteiger partial charge in [-0.3, -0.25) is 0 Å². The molecule has 0 aliphatic rings. The SMILES string of the molecule is CC(C)(c1cc2ccccc2[cH-]1)c1cc2ccccc2[cH-]1.[H-].[H-].[Zr+4]. The fraction of sp³-hybridized carbons (Fsp3) is 0.143. The van der Waals surface area contributed by atoms with E-state index in [-0.39, 0.29) is 34.5 Å². The van der Waals surface area contributed by atoms with Crippen LogP contribution in [0, 0.1) is 0 Å². The summed E-state index contributed by atoms with van der Waals surface area (Å²) in [5.41, 5.74) is 2.80. The second-order valence-corrected chi connectivity index (χ2v) is 6.37. The smallest absolute Gasteiger partial charge is 1.00 e. The summed E-state index contributed by atoms with van der Waals surface area (Å²) in [5, 5.41) is 5.32. The van der Waals surface area contributed by atoms with Gasteiger partial charge in [0.2, 0.25) is 0 Å². The molecule has 0 heterocycles. The van der Waals surface area contributed by atoms with Crippen LogP contribution >= 0.6 is 0 Å². The second-order valence-electron chi connectivity index (χ2n) is 6.37. The molecule has 1 heteroatoms. The molecule has 0 aliphatic heterocycles. The first-order valence-electron chi connectivity index (χ1n) is 7.46. The van der Waals surface area contributed by atoms with Crippen molar-refractivity contribution < 1.29 is 29.1 Å². The topological polar surface area (TPSA) is 0 Å². The average Bonchev–Trinajstić information content (AvgIpc) is 3.11.